The summed E-state index contributed by atoms with van der Waals surface area (Å²) in [4.78, 5) is 91.9. The summed E-state index contributed by atoms with van der Waals surface area (Å²) in [6.07, 6.45) is -79.4. The molecule has 7 fully saturated rings. The molecule has 51 heteroatoms. The molecule has 0 bridgehead atoms. The molecule has 0 aliphatic carbocycles. The van der Waals surface area contributed by atoms with Gasteiger partial charge in [0.25, 0.3) is 17.4 Å². The van der Waals surface area contributed by atoms with E-state index in [1.807, 2.05) is 10.6 Å². The zero-order valence-corrected chi connectivity index (χ0v) is 57.9. The Balaban J connectivity index is 1.31. The number of hydrogen-bond donors (Lipinski definition) is 31. The van der Waals surface area contributed by atoms with E-state index in [0.717, 1.165) is 13.8 Å². The molecule has 7 saturated heterocycles. The van der Waals surface area contributed by atoms with Crippen molar-refractivity contribution in [2.75, 3.05) is 59.5 Å². The summed E-state index contributed by atoms with van der Waals surface area (Å²) in [5, 5.41) is 304. The van der Waals surface area contributed by atoms with Crippen molar-refractivity contribution in [1.29, 1.82) is 0 Å². The predicted molar refractivity (Wildman–Crippen MR) is 333 cm³/mol. The third kappa shape index (κ3) is 19.8. The summed E-state index contributed by atoms with van der Waals surface area (Å²) in [7, 11) is 0. The largest absolute Gasteiger partial charge is 0.477 e. The molecule has 4 amide bonds. The van der Waals surface area contributed by atoms with Gasteiger partial charge in [-0.2, -0.15) is 0 Å². The van der Waals surface area contributed by atoms with Crippen LogP contribution in [0.3, 0.4) is 0 Å². The van der Waals surface area contributed by atoms with E-state index >= 15 is 0 Å². The molecule has 7 rings (SSSR count). The second-order valence-electron chi connectivity index (χ2n) is 26.8. The molecular weight excluding hydrogens is 1520 g/mol. The van der Waals surface area contributed by atoms with Gasteiger partial charge >= 0.3 is 17.9 Å². The average molecular weight is 1610 g/mol. The topological polar surface area (TPSA) is 834 Å². The Hall–Kier alpha value is -5.19. The van der Waals surface area contributed by atoms with Gasteiger partial charge in [-0.25, -0.2) is 14.4 Å². The van der Waals surface area contributed by atoms with Crippen LogP contribution >= 0.6 is 0 Å². The fourth-order valence-electron chi connectivity index (χ4n) is 13.7. The fraction of sp³-hybridized carbons (Fsp3) is 0.881. The van der Waals surface area contributed by atoms with Crippen LogP contribution < -0.4 is 21.3 Å². The van der Waals surface area contributed by atoms with Crippen LogP contribution in [0.4, 0.5) is 0 Å². The molecule has 0 aromatic carbocycles. The van der Waals surface area contributed by atoms with Crippen LogP contribution in [0.2, 0.25) is 0 Å². The highest BCUT2D eigenvalue weighted by Gasteiger charge is 2.66. The number of rotatable bonds is 34. The van der Waals surface area contributed by atoms with Crippen molar-refractivity contribution < 1.29 is 233 Å². The summed E-state index contributed by atoms with van der Waals surface area (Å²) in [5.41, 5.74) is 0. The molecule has 0 aromatic heterocycles. The van der Waals surface area contributed by atoms with Gasteiger partial charge in [0.05, 0.1) is 82.7 Å². The van der Waals surface area contributed by atoms with Gasteiger partial charge in [-0.1, -0.05) is 0 Å². The summed E-state index contributed by atoms with van der Waals surface area (Å²) in [6.45, 7) is -10.6. The minimum atomic E-state index is -3.79. The third-order valence-electron chi connectivity index (χ3n) is 19.3. The van der Waals surface area contributed by atoms with Crippen molar-refractivity contribution >= 4 is 41.5 Å². The molecule has 110 heavy (non-hydrogen) atoms. The lowest BCUT2D eigenvalue weighted by atomic mass is 9.87. The summed E-state index contributed by atoms with van der Waals surface area (Å²) >= 11 is 0. The van der Waals surface area contributed by atoms with Crippen LogP contribution in [0, 0.1) is 0 Å². The monoisotopic (exact) mass is 1610 g/mol. The number of aliphatic hydroxyl groups excluding tert-OH is 24. The number of carboxylic acid groups (broad SMARTS) is 3. The van der Waals surface area contributed by atoms with Crippen LogP contribution in [-0.2, 0) is 95.1 Å². The first-order valence-electron chi connectivity index (χ1n) is 33.8. The molecule has 0 spiro atoms. The second-order valence-corrected chi connectivity index (χ2v) is 26.8. The number of carboxylic acids is 3. The molecular formula is C59H96N4O47. The quantitative estimate of drug-likeness (QED) is 0.0284. The maximum absolute atomic E-state index is 14.2. The minimum Gasteiger partial charge on any atom is -0.477 e. The standard InChI is InChI=1S/C59H96N4O47/c1-15(73)60-29-17(75)4-59(56(96)97,108-47(29)37(86)24(10-68)105-57(54(92)93)3-18(76)30(62-27(80)13-71)45(106-57)33(82)20(78)6-64)110-49-41(90)53(102-42-25(11-69)98-50(91)39(88)38(42)87)101-26(12-70)43(49)103-51-32(61-16(2)74)44(35(84)22(8-66)99-51)104-52-40(89)48(36(85)23(9-67)100-52)109-58(55(94)95)5-19(77)31(63-28(81)14-72)46(107-58)34(83)21(79)7-65/h17-26,29-53,64-72,75-79,82-91H,3-14H2,1-2H3,(H,60,73)(H,61,74)(H,62,80)(H,63,81)(H,92,93)(H,94,95)(H,96,97)/t17-,18-,19-,20+,21+,22+,23+,24+,25+,26+,29+,30+,31+,32+,33+,34+,35-,36-,37+,38+,39+,40+,41+,42+,43-,44+,45+,46+,47+,48-,49+,50+,51-,52-,53-,57+,58-,59-/m0/s1. The smallest absolute Gasteiger partial charge is 0.364 e. The maximum atomic E-state index is 14.2. The first-order chi connectivity index (χ1) is 51.7. The highest BCUT2D eigenvalue weighted by atomic mass is 16.8. The van der Waals surface area contributed by atoms with E-state index in [1.165, 1.54) is 0 Å². The van der Waals surface area contributed by atoms with Gasteiger partial charge in [-0.3, -0.25) is 19.2 Å². The van der Waals surface area contributed by atoms with E-state index in [1.54, 1.807) is 0 Å². The molecule has 0 saturated carbocycles. The molecule has 0 aromatic rings. The number of aliphatic hydroxyl groups is 24. The van der Waals surface area contributed by atoms with Crippen molar-refractivity contribution in [2.45, 2.75) is 265 Å². The summed E-state index contributed by atoms with van der Waals surface area (Å²) in [6, 6.07) is -8.38. The number of ether oxygens (including phenoxy) is 13. The zero-order valence-electron chi connectivity index (χ0n) is 57.9. The second kappa shape index (κ2) is 39.0. The number of aliphatic carboxylic acids is 3. The highest BCUT2D eigenvalue weighted by Crippen LogP contribution is 2.44. The molecule has 0 unspecified atom stereocenters. The van der Waals surface area contributed by atoms with Crippen molar-refractivity contribution in [3.05, 3.63) is 0 Å². The average Bonchev–Trinajstić information content (AvgIpc) is 0.750. The minimum absolute atomic E-state index is 0.792. The van der Waals surface area contributed by atoms with Crippen LogP contribution in [0.25, 0.3) is 0 Å². The number of carbonyl (C=O) groups is 7. The molecule has 38 atom stereocenters. The molecule has 7 heterocycles. The Morgan fingerprint density at radius 1 is 0.391 bits per heavy atom. The van der Waals surface area contributed by atoms with Gasteiger partial charge in [-0.05, 0) is 0 Å². The van der Waals surface area contributed by atoms with Crippen LogP contribution in [-0.4, -0.2) is 470 Å². The van der Waals surface area contributed by atoms with Gasteiger partial charge in [0.1, 0.15) is 166 Å². The number of carbonyl (C=O) groups excluding carboxylic acids is 4. The molecule has 0 radical (unpaired) electrons. The number of hydrogen-bond acceptors (Lipinski definition) is 44. The van der Waals surface area contributed by atoms with Crippen LogP contribution in [0.15, 0.2) is 0 Å². The van der Waals surface area contributed by atoms with E-state index in [0.29, 0.717) is 0 Å². The molecule has 31 N–H and O–H groups in total. The normalized spacial score (nSPS) is 42.8. The Morgan fingerprint density at radius 2 is 0.755 bits per heavy atom. The number of nitrogens with one attached hydrogen (secondary N) is 4. The first kappa shape index (κ1) is 92.0. The van der Waals surface area contributed by atoms with Gasteiger partial charge in [-0.15, -0.1) is 0 Å². The van der Waals surface area contributed by atoms with Gasteiger partial charge < -0.3 is 221 Å². The molecule has 51 nitrogen and oxygen atoms in total. The Kier molecular flexibility index (Phi) is 32.6. The zero-order chi connectivity index (χ0) is 82.3. The Labute approximate surface area is 618 Å². The Morgan fingerprint density at radius 3 is 1.18 bits per heavy atom. The third-order valence-corrected chi connectivity index (χ3v) is 19.3. The van der Waals surface area contributed by atoms with Crippen molar-refractivity contribution in [2.24, 2.45) is 0 Å². The summed E-state index contributed by atoms with van der Waals surface area (Å²) < 4.78 is 75.5. The van der Waals surface area contributed by atoms with Gasteiger partial charge in [0, 0.05) is 33.1 Å². The first-order valence-corrected chi connectivity index (χ1v) is 33.8. The molecule has 634 valence electrons. The lowest BCUT2D eigenvalue weighted by Gasteiger charge is -2.53. The molecule has 7 aliphatic rings. The van der Waals surface area contributed by atoms with Gasteiger partial charge in [0.2, 0.25) is 23.6 Å². The Bertz CT molecular complexity index is 3050. The number of amides is 4. The predicted octanol–water partition coefficient (Wildman–Crippen LogP) is -20.1. The fourth-order valence-corrected chi connectivity index (χ4v) is 13.7. The van der Waals surface area contributed by atoms with Crippen LogP contribution in [0.5, 0.6) is 0 Å². The van der Waals surface area contributed by atoms with Crippen LogP contribution in [0.1, 0.15) is 33.1 Å². The summed E-state index contributed by atoms with van der Waals surface area (Å²) in [5.74, 6) is -22.6. The van der Waals surface area contributed by atoms with Crippen molar-refractivity contribution in [1.82, 2.24) is 21.3 Å². The maximum Gasteiger partial charge on any atom is 0.364 e. The lowest BCUT2D eigenvalue weighted by molar-refractivity contribution is -0.405. The van der Waals surface area contributed by atoms with E-state index < -0.39 is 352 Å². The SMILES string of the molecule is CC(=O)N[C@H]1[C@H](O[C@@H]2[C@H](O[C@]3(C(=O)O)C[C@H](O)[C@@H](NC(C)=O)[C@H]([C@H](O)[C@@H](CO)O[C@]4(C(=O)O)C[C@H](O)[C@@H](NC(=O)CO)[C@H]([C@H](O)[C@H](O)CO)O4)O3)[C@@H](O)[C@H](O[C@H]3[C@H](O)[C@@H](O)[C@H](O)O[C@@H]3CO)O[C@@H]2CO)O[C@H](CO)[C@H](O)[C@@H]1O[C@@H]1O[C@H](CO)[C@H](O)[C@H](O[C@]2(C(=O)O)C[C@H](O)[C@@H](NC(=O)CO)[C@H]([C@H](O)[C@H](O)CO)O2)[C@H]1O. The van der Waals surface area contributed by atoms with Crippen molar-refractivity contribution in [3.63, 3.8) is 0 Å². The van der Waals surface area contributed by atoms with E-state index in [-0.39, 0.29) is 0 Å². The van der Waals surface area contributed by atoms with Crippen molar-refractivity contribution in [3.8, 4) is 0 Å². The molecule has 7 aliphatic heterocycles. The van der Waals surface area contributed by atoms with E-state index in [4.69, 9.17) is 61.6 Å². The lowest BCUT2D eigenvalue weighted by Crippen LogP contribution is -2.73. The van der Waals surface area contributed by atoms with E-state index in [2.05, 4.69) is 10.6 Å². The van der Waals surface area contributed by atoms with E-state index in [9.17, 15) is 171 Å². The highest BCUT2D eigenvalue weighted by molar-refractivity contribution is 5.79. The van der Waals surface area contributed by atoms with Gasteiger partial charge in [0.15, 0.2) is 25.2 Å².